The van der Waals surface area contributed by atoms with Crippen LogP contribution in [0.2, 0.25) is 0 Å². The largest absolute Gasteiger partial charge is 0.364 e. The Kier molecular flexibility index (Phi) is 3.99. The Morgan fingerprint density at radius 2 is 2.00 bits per heavy atom. The van der Waals surface area contributed by atoms with Crippen LogP contribution in [0.5, 0.6) is 0 Å². The Bertz CT molecular complexity index is 546. The van der Waals surface area contributed by atoms with Gasteiger partial charge in [0.15, 0.2) is 5.43 Å². The summed E-state index contributed by atoms with van der Waals surface area (Å²) in [4.78, 5) is 37.4. The molecule has 1 aromatic rings. The highest BCUT2D eigenvalue weighted by Crippen LogP contribution is 2.28. The lowest BCUT2D eigenvalue weighted by Gasteiger charge is -2.06. The van der Waals surface area contributed by atoms with Crippen molar-refractivity contribution < 1.29 is 9.59 Å². The summed E-state index contributed by atoms with van der Waals surface area (Å²) in [6.45, 7) is 2.44. The van der Waals surface area contributed by atoms with Gasteiger partial charge in [0.05, 0.1) is 0 Å². The predicted octanol–water partition coefficient (Wildman–Crippen LogP) is -0.0607. The number of aromatic nitrogens is 1. The number of pyridine rings is 1. The molecular weight excluding hydrogens is 246 g/mol. The topological polar surface area (TPSA) is 91.1 Å². The molecule has 1 aliphatic carbocycles. The van der Waals surface area contributed by atoms with Crippen LogP contribution in [0, 0.1) is 12.8 Å². The first-order valence-corrected chi connectivity index (χ1v) is 6.33. The molecule has 1 heterocycles. The fourth-order valence-electron chi connectivity index (χ4n) is 1.70. The van der Waals surface area contributed by atoms with Gasteiger partial charge in [0.1, 0.15) is 5.56 Å². The number of amides is 2. The number of hydrogen-bond donors (Lipinski definition) is 3. The minimum Gasteiger partial charge on any atom is -0.364 e. The van der Waals surface area contributed by atoms with Crippen LogP contribution in [-0.2, 0) is 4.79 Å². The second-order valence-electron chi connectivity index (χ2n) is 4.72. The summed E-state index contributed by atoms with van der Waals surface area (Å²) in [5.74, 6) is -0.222. The normalized spacial score (nSPS) is 13.9. The van der Waals surface area contributed by atoms with Crippen molar-refractivity contribution >= 4 is 11.8 Å². The highest BCUT2D eigenvalue weighted by atomic mass is 16.2. The first-order chi connectivity index (χ1) is 9.08. The number of aromatic amines is 1. The molecule has 0 saturated heterocycles. The summed E-state index contributed by atoms with van der Waals surface area (Å²) >= 11 is 0. The van der Waals surface area contributed by atoms with Gasteiger partial charge in [-0.3, -0.25) is 14.4 Å². The van der Waals surface area contributed by atoms with E-state index in [1.807, 2.05) is 0 Å². The van der Waals surface area contributed by atoms with E-state index in [9.17, 15) is 14.4 Å². The molecular formula is C13H17N3O3. The van der Waals surface area contributed by atoms with Gasteiger partial charge in [-0.25, -0.2) is 0 Å². The summed E-state index contributed by atoms with van der Waals surface area (Å²) < 4.78 is 0. The van der Waals surface area contributed by atoms with Crippen LogP contribution in [-0.4, -0.2) is 29.9 Å². The zero-order valence-electron chi connectivity index (χ0n) is 10.8. The van der Waals surface area contributed by atoms with Crippen LogP contribution >= 0.6 is 0 Å². The van der Waals surface area contributed by atoms with Crippen LogP contribution in [0.15, 0.2) is 17.1 Å². The summed E-state index contributed by atoms with van der Waals surface area (Å²) in [5, 5.41) is 5.34. The van der Waals surface area contributed by atoms with E-state index in [4.69, 9.17) is 0 Å². The molecule has 102 valence electrons. The van der Waals surface area contributed by atoms with Crippen molar-refractivity contribution in [2.75, 3.05) is 13.1 Å². The molecule has 2 rings (SSSR count). The van der Waals surface area contributed by atoms with E-state index in [0.717, 1.165) is 12.8 Å². The molecule has 1 saturated carbocycles. The summed E-state index contributed by atoms with van der Waals surface area (Å²) in [6, 6.07) is 1.38. The van der Waals surface area contributed by atoms with E-state index >= 15 is 0 Å². The summed E-state index contributed by atoms with van der Waals surface area (Å²) in [7, 11) is 0. The number of aryl methyl sites for hydroxylation is 1. The van der Waals surface area contributed by atoms with E-state index in [-0.39, 0.29) is 22.8 Å². The molecule has 0 spiro atoms. The van der Waals surface area contributed by atoms with Crippen LogP contribution in [0.4, 0.5) is 0 Å². The second kappa shape index (κ2) is 5.69. The second-order valence-corrected chi connectivity index (χ2v) is 4.72. The van der Waals surface area contributed by atoms with Gasteiger partial charge in [-0.1, -0.05) is 0 Å². The van der Waals surface area contributed by atoms with Gasteiger partial charge in [0.25, 0.3) is 5.91 Å². The first-order valence-electron chi connectivity index (χ1n) is 6.33. The van der Waals surface area contributed by atoms with Crippen molar-refractivity contribution in [3.05, 3.63) is 33.7 Å². The Labute approximate surface area is 110 Å². The maximum Gasteiger partial charge on any atom is 0.256 e. The Morgan fingerprint density at radius 1 is 1.32 bits per heavy atom. The summed E-state index contributed by atoms with van der Waals surface area (Å²) in [5.41, 5.74) is 0.480. The molecule has 1 aliphatic rings. The minimum absolute atomic E-state index is 0.0439. The molecule has 0 radical (unpaired) electrons. The molecule has 0 bridgehead atoms. The van der Waals surface area contributed by atoms with Crippen LogP contribution in [0.25, 0.3) is 0 Å². The molecule has 6 heteroatoms. The quantitative estimate of drug-likeness (QED) is 0.650. The Morgan fingerprint density at radius 3 is 2.63 bits per heavy atom. The van der Waals surface area contributed by atoms with Crippen molar-refractivity contribution in [1.29, 1.82) is 0 Å². The highest BCUT2D eigenvalue weighted by molar-refractivity contribution is 5.93. The van der Waals surface area contributed by atoms with Gasteiger partial charge in [-0.15, -0.1) is 0 Å². The molecule has 1 fully saturated rings. The molecule has 6 nitrogen and oxygen atoms in total. The number of carbonyl (C=O) groups excluding carboxylic acids is 2. The summed E-state index contributed by atoms with van der Waals surface area (Å²) in [6.07, 6.45) is 3.31. The van der Waals surface area contributed by atoms with Crippen LogP contribution in [0.3, 0.4) is 0 Å². The van der Waals surface area contributed by atoms with Crippen molar-refractivity contribution in [3.63, 3.8) is 0 Å². The molecule has 19 heavy (non-hydrogen) atoms. The zero-order chi connectivity index (χ0) is 13.8. The van der Waals surface area contributed by atoms with Crippen molar-refractivity contribution in [2.45, 2.75) is 19.8 Å². The van der Waals surface area contributed by atoms with Gasteiger partial charge in [-0.05, 0) is 19.8 Å². The first kappa shape index (κ1) is 13.3. The third kappa shape index (κ3) is 3.67. The lowest BCUT2D eigenvalue weighted by molar-refractivity contribution is -0.122. The predicted molar refractivity (Wildman–Crippen MR) is 69.9 cm³/mol. The Hall–Kier alpha value is -2.11. The highest BCUT2D eigenvalue weighted by Gasteiger charge is 2.28. The van der Waals surface area contributed by atoms with Gasteiger partial charge >= 0.3 is 0 Å². The molecule has 0 aromatic carbocycles. The van der Waals surface area contributed by atoms with Crippen molar-refractivity contribution in [1.82, 2.24) is 15.6 Å². The smallest absolute Gasteiger partial charge is 0.256 e. The lowest BCUT2D eigenvalue weighted by atomic mass is 10.2. The van der Waals surface area contributed by atoms with Gasteiger partial charge in [0.2, 0.25) is 5.91 Å². The molecule has 0 unspecified atom stereocenters. The molecule has 0 atom stereocenters. The molecule has 2 amide bonds. The molecule has 3 N–H and O–H groups in total. The average Bonchev–Trinajstić information content (AvgIpc) is 3.18. The number of hydrogen-bond acceptors (Lipinski definition) is 3. The van der Waals surface area contributed by atoms with E-state index in [1.165, 1.54) is 12.3 Å². The fourth-order valence-corrected chi connectivity index (χ4v) is 1.70. The van der Waals surface area contributed by atoms with Crippen LogP contribution in [0.1, 0.15) is 28.9 Å². The van der Waals surface area contributed by atoms with E-state index in [0.29, 0.717) is 18.8 Å². The fraction of sp³-hybridized carbons (Fsp3) is 0.462. The van der Waals surface area contributed by atoms with Crippen molar-refractivity contribution in [3.8, 4) is 0 Å². The van der Waals surface area contributed by atoms with Gasteiger partial charge in [0, 0.05) is 37.0 Å². The Balaban J connectivity index is 1.77. The number of rotatable bonds is 5. The van der Waals surface area contributed by atoms with E-state index in [2.05, 4.69) is 15.6 Å². The molecule has 1 aromatic heterocycles. The number of H-pyrrole nitrogens is 1. The maximum absolute atomic E-state index is 11.7. The van der Waals surface area contributed by atoms with E-state index < -0.39 is 5.91 Å². The van der Waals surface area contributed by atoms with Crippen LogP contribution < -0.4 is 16.1 Å². The van der Waals surface area contributed by atoms with Crippen molar-refractivity contribution in [2.24, 2.45) is 5.92 Å². The third-order valence-corrected chi connectivity index (χ3v) is 2.96. The maximum atomic E-state index is 11.7. The SMILES string of the molecule is Cc1cc(=O)c(C(=O)NCCNC(=O)C2CC2)c[nH]1. The van der Waals surface area contributed by atoms with Gasteiger partial charge < -0.3 is 15.6 Å². The monoisotopic (exact) mass is 263 g/mol. The van der Waals surface area contributed by atoms with Gasteiger partial charge in [-0.2, -0.15) is 0 Å². The minimum atomic E-state index is -0.429. The average molecular weight is 263 g/mol. The standard InChI is InChI=1S/C13H17N3O3/c1-8-6-11(17)10(7-16-8)13(19)15-5-4-14-12(18)9-2-3-9/h6-7,9H,2-5H2,1H3,(H,14,18)(H,15,19)(H,16,17). The third-order valence-electron chi connectivity index (χ3n) is 2.96. The molecule has 0 aliphatic heterocycles. The van der Waals surface area contributed by atoms with E-state index in [1.54, 1.807) is 6.92 Å². The lowest BCUT2D eigenvalue weighted by Crippen LogP contribution is -2.36. The number of carbonyl (C=O) groups is 2. The number of nitrogens with one attached hydrogen (secondary N) is 3. The zero-order valence-corrected chi connectivity index (χ0v) is 10.8.